The third-order valence-electron chi connectivity index (χ3n) is 2.34. The van der Waals surface area contributed by atoms with Crippen molar-refractivity contribution < 1.29 is 4.79 Å². The lowest BCUT2D eigenvalue weighted by Gasteiger charge is -2.04. The Balaban J connectivity index is 2.05. The van der Waals surface area contributed by atoms with Crippen molar-refractivity contribution in [2.75, 3.05) is 5.32 Å². The summed E-state index contributed by atoms with van der Waals surface area (Å²) in [7, 11) is 0. The lowest BCUT2D eigenvalue weighted by atomic mass is 10.1. The molecular weight excluding hydrogens is 228 g/mol. The lowest BCUT2D eigenvalue weighted by Crippen LogP contribution is -2.13. The molecule has 0 radical (unpaired) electrons. The van der Waals surface area contributed by atoms with Crippen molar-refractivity contribution in [2.45, 2.75) is 20.3 Å². The molecule has 0 bridgehead atoms. The molecule has 2 aromatic heterocycles. The number of pyridine rings is 1. The van der Waals surface area contributed by atoms with Crippen LogP contribution in [0.4, 0.5) is 5.69 Å². The Morgan fingerprint density at radius 2 is 2.28 bits per heavy atom. The van der Waals surface area contributed by atoms with Gasteiger partial charge in [0.05, 0.1) is 18.1 Å². The van der Waals surface area contributed by atoms with E-state index in [0.717, 1.165) is 5.82 Å². The molecule has 0 aromatic carbocycles. The Morgan fingerprint density at radius 1 is 1.44 bits per heavy atom. The van der Waals surface area contributed by atoms with Crippen LogP contribution < -0.4 is 5.32 Å². The summed E-state index contributed by atoms with van der Waals surface area (Å²) in [5, 5.41) is 6.97. The topological polar surface area (TPSA) is 59.8 Å². The number of nitrogens with zero attached hydrogens (tertiary/aromatic N) is 3. The molecule has 0 saturated heterocycles. The number of rotatable bonds is 4. The van der Waals surface area contributed by atoms with E-state index in [0.29, 0.717) is 18.0 Å². The van der Waals surface area contributed by atoms with Gasteiger partial charge in [-0.1, -0.05) is 19.9 Å². The van der Waals surface area contributed by atoms with Crippen LogP contribution in [0.5, 0.6) is 0 Å². The van der Waals surface area contributed by atoms with Gasteiger partial charge in [0.1, 0.15) is 0 Å². The minimum absolute atomic E-state index is 0.00516. The van der Waals surface area contributed by atoms with E-state index < -0.39 is 0 Å². The highest BCUT2D eigenvalue weighted by atomic mass is 16.1. The number of aromatic nitrogens is 3. The quantitative estimate of drug-likeness (QED) is 0.897. The average molecular weight is 244 g/mol. The summed E-state index contributed by atoms with van der Waals surface area (Å²) in [5.74, 6) is 1.07. The molecule has 0 aliphatic rings. The van der Waals surface area contributed by atoms with Crippen LogP contribution in [0.15, 0.2) is 36.8 Å². The van der Waals surface area contributed by atoms with Gasteiger partial charge in [-0.05, 0) is 18.1 Å². The van der Waals surface area contributed by atoms with E-state index in [4.69, 9.17) is 0 Å². The van der Waals surface area contributed by atoms with Crippen molar-refractivity contribution in [2.24, 2.45) is 5.92 Å². The number of nitrogens with one attached hydrogen (secondary N) is 1. The molecule has 5 heteroatoms. The standard InChI is InChI=1S/C13H16N4O/c1-10(2)7-13(18)16-11-8-15-17(9-11)12-5-3-4-6-14-12/h3-6,8-10H,7H2,1-2H3,(H,16,18). The Bertz CT molecular complexity index is 519. The smallest absolute Gasteiger partial charge is 0.224 e. The molecule has 0 atom stereocenters. The van der Waals surface area contributed by atoms with Crippen molar-refractivity contribution in [3.63, 3.8) is 0 Å². The van der Waals surface area contributed by atoms with Crippen molar-refractivity contribution in [3.05, 3.63) is 36.8 Å². The van der Waals surface area contributed by atoms with Crippen molar-refractivity contribution in [3.8, 4) is 5.82 Å². The Morgan fingerprint density at radius 3 is 2.94 bits per heavy atom. The molecule has 2 heterocycles. The molecule has 0 saturated carbocycles. The molecule has 0 unspecified atom stereocenters. The number of anilines is 1. The first-order chi connectivity index (χ1) is 8.65. The van der Waals surface area contributed by atoms with Gasteiger partial charge in [-0.3, -0.25) is 4.79 Å². The van der Waals surface area contributed by atoms with Crippen LogP contribution in [0.3, 0.4) is 0 Å². The highest BCUT2D eigenvalue weighted by molar-refractivity contribution is 5.90. The number of carbonyl (C=O) groups excluding carboxylic acids is 1. The van der Waals surface area contributed by atoms with Crippen LogP contribution in [0.1, 0.15) is 20.3 Å². The van der Waals surface area contributed by atoms with Gasteiger partial charge < -0.3 is 5.32 Å². The van der Waals surface area contributed by atoms with Crippen molar-refractivity contribution in [1.29, 1.82) is 0 Å². The zero-order valence-corrected chi connectivity index (χ0v) is 10.5. The molecule has 18 heavy (non-hydrogen) atoms. The van der Waals surface area contributed by atoms with Crippen LogP contribution in [-0.2, 0) is 4.79 Å². The van der Waals surface area contributed by atoms with Crippen LogP contribution in [-0.4, -0.2) is 20.7 Å². The van der Waals surface area contributed by atoms with E-state index >= 15 is 0 Å². The third kappa shape index (κ3) is 3.16. The van der Waals surface area contributed by atoms with Gasteiger partial charge in [0.2, 0.25) is 5.91 Å². The fourth-order valence-corrected chi connectivity index (χ4v) is 1.58. The highest BCUT2D eigenvalue weighted by Gasteiger charge is 2.07. The minimum atomic E-state index is 0.00516. The molecular formula is C13H16N4O. The minimum Gasteiger partial charge on any atom is -0.323 e. The van der Waals surface area contributed by atoms with E-state index in [-0.39, 0.29) is 5.91 Å². The summed E-state index contributed by atoms with van der Waals surface area (Å²) in [5.41, 5.74) is 0.686. The predicted octanol–water partition coefficient (Wildman–Crippen LogP) is 2.25. The number of hydrogen-bond acceptors (Lipinski definition) is 3. The molecule has 0 fully saturated rings. The van der Waals surface area contributed by atoms with E-state index in [1.807, 2.05) is 32.0 Å². The summed E-state index contributed by atoms with van der Waals surface area (Å²) in [6.45, 7) is 4.02. The molecule has 1 amide bonds. The van der Waals surface area contributed by atoms with Gasteiger partial charge in [0.15, 0.2) is 5.82 Å². The first-order valence-corrected chi connectivity index (χ1v) is 5.91. The van der Waals surface area contributed by atoms with E-state index in [9.17, 15) is 4.79 Å². The van der Waals surface area contributed by atoms with Crippen molar-refractivity contribution >= 4 is 11.6 Å². The maximum Gasteiger partial charge on any atom is 0.224 e. The summed E-state index contributed by atoms with van der Waals surface area (Å²) in [6, 6.07) is 5.59. The second-order valence-electron chi connectivity index (χ2n) is 4.51. The molecule has 1 N–H and O–H groups in total. The van der Waals surface area contributed by atoms with Crippen molar-refractivity contribution in [1.82, 2.24) is 14.8 Å². The fourth-order valence-electron chi connectivity index (χ4n) is 1.58. The second-order valence-corrected chi connectivity index (χ2v) is 4.51. The van der Waals surface area contributed by atoms with Gasteiger partial charge in [0.25, 0.3) is 0 Å². The Labute approximate surface area is 106 Å². The van der Waals surface area contributed by atoms with Crippen LogP contribution in [0, 0.1) is 5.92 Å². The molecule has 2 rings (SSSR count). The van der Waals surface area contributed by atoms with Gasteiger partial charge in [-0.25, -0.2) is 9.67 Å². The highest BCUT2D eigenvalue weighted by Crippen LogP contribution is 2.10. The summed E-state index contributed by atoms with van der Waals surface area (Å²) >= 11 is 0. The molecule has 2 aromatic rings. The largest absolute Gasteiger partial charge is 0.323 e. The second kappa shape index (κ2) is 5.44. The number of carbonyl (C=O) groups is 1. The van der Waals surface area contributed by atoms with Gasteiger partial charge in [-0.2, -0.15) is 5.10 Å². The van der Waals surface area contributed by atoms with Crippen LogP contribution >= 0.6 is 0 Å². The fraction of sp³-hybridized carbons (Fsp3) is 0.308. The summed E-state index contributed by atoms with van der Waals surface area (Å²) in [6.07, 6.45) is 5.58. The first kappa shape index (κ1) is 12.3. The van der Waals surface area contributed by atoms with E-state index in [1.165, 1.54) is 0 Å². The van der Waals surface area contributed by atoms with Crippen LogP contribution in [0.25, 0.3) is 5.82 Å². The number of hydrogen-bond donors (Lipinski definition) is 1. The van der Waals surface area contributed by atoms with E-state index in [1.54, 1.807) is 23.3 Å². The third-order valence-corrected chi connectivity index (χ3v) is 2.34. The molecule has 0 aliphatic heterocycles. The Kier molecular flexibility index (Phi) is 3.72. The molecule has 94 valence electrons. The predicted molar refractivity (Wildman–Crippen MR) is 69.4 cm³/mol. The van der Waals surface area contributed by atoms with Gasteiger partial charge in [-0.15, -0.1) is 0 Å². The first-order valence-electron chi connectivity index (χ1n) is 5.91. The molecule has 5 nitrogen and oxygen atoms in total. The van der Waals surface area contributed by atoms with Gasteiger partial charge >= 0.3 is 0 Å². The lowest BCUT2D eigenvalue weighted by molar-refractivity contribution is -0.116. The van der Waals surface area contributed by atoms with E-state index in [2.05, 4.69) is 15.4 Å². The zero-order chi connectivity index (χ0) is 13.0. The normalized spacial score (nSPS) is 10.6. The maximum absolute atomic E-state index is 11.6. The number of amides is 1. The maximum atomic E-state index is 11.6. The SMILES string of the molecule is CC(C)CC(=O)Nc1cnn(-c2ccccn2)c1. The summed E-state index contributed by atoms with van der Waals surface area (Å²) < 4.78 is 1.63. The summed E-state index contributed by atoms with van der Waals surface area (Å²) in [4.78, 5) is 15.8. The molecule has 0 spiro atoms. The zero-order valence-electron chi connectivity index (χ0n) is 10.5. The average Bonchev–Trinajstić information content (AvgIpc) is 2.77. The monoisotopic (exact) mass is 244 g/mol. The molecule has 0 aliphatic carbocycles. The Hall–Kier alpha value is -2.17. The van der Waals surface area contributed by atoms with Gasteiger partial charge in [0, 0.05) is 12.6 Å². The van der Waals surface area contributed by atoms with Crippen LogP contribution in [0.2, 0.25) is 0 Å².